The Balaban J connectivity index is 2.25. The van der Waals surface area contributed by atoms with E-state index in [1.165, 1.54) is 6.07 Å². The highest BCUT2D eigenvalue weighted by atomic mass is 19.1. The fourth-order valence-corrected chi connectivity index (χ4v) is 1.91. The summed E-state index contributed by atoms with van der Waals surface area (Å²) in [5.41, 5.74) is 1.92. The van der Waals surface area contributed by atoms with Crippen LogP contribution in [0.3, 0.4) is 0 Å². The average molecular weight is 255 g/mol. The summed E-state index contributed by atoms with van der Waals surface area (Å²) in [4.78, 5) is 5.89. The Labute approximate surface area is 111 Å². The maximum absolute atomic E-state index is 14.0. The van der Waals surface area contributed by atoms with Crippen LogP contribution in [0, 0.1) is 17.1 Å². The van der Waals surface area contributed by atoms with Crippen molar-refractivity contribution < 1.29 is 4.39 Å². The first-order valence-electron chi connectivity index (χ1n) is 6.08. The van der Waals surface area contributed by atoms with Gasteiger partial charge >= 0.3 is 0 Å². The van der Waals surface area contributed by atoms with Gasteiger partial charge in [0.15, 0.2) is 0 Å². The van der Waals surface area contributed by atoms with E-state index in [1.54, 1.807) is 24.5 Å². The molecule has 0 aliphatic rings. The van der Waals surface area contributed by atoms with Crippen molar-refractivity contribution in [2.75, 3.05) is 11.4 Å². The van der Waals surface area contributed by atoms with Gasteiger partial charge in [0.25, 0.3) is 0 Å². The molecule has 0 radical (unpaired) electrons. The van der Waals surface area contributed by atoms with Crippen LogP contribution in [0.4, 0.5) is 10.1 Å². The molecular weight excluding hydrogens is 241 g/mol. The van der Waals surface area contributed by atoms with Crippen LogP contribution in [0.5, 0.6) is 0 Å². The van der Waals surface area contributed by atoms with Gasteiger partial charge in [0.2, 0.25) is 0 Å². The molecule has 19 heavy (non-hydrogen) atoms. The zero-order chi connectivity index (χ0) is 13.7. The summed E-state index contributed by atoms with van der Waals surface area (Å²) in [6.45, 7) is 3.27. The van der Waals surface area contributed by atoms with Crippen molar-refractivity contribution in [2.24, 2.45) is 0 Å². The van der Waals surface area contributed by atoms with Gasteiger partial charge in [-0.25, -0.2) is 4.39 Å². The summed E-state index contributed by atoms with van der Waals surface area (Å²) in [5.74, 6) is -0.366. The normalized spacial score (nSPS) is 9.95. The van der Waals surface area contributed by atoms with Crippen LogP contribution < -0.4 is 4.90 Å². The van der Waals surface area contributed by atoms with E-state index in [-0.39, 0.29) is 5.82 Å². The molecule has 0 aliphatic carbocycles. The molecule has 0 amide bonds. The number of hydrogen-bond acceptors (Lipinski definition) is 3. The molecule has 2 rings (SSSR count). The fourth-order valence-electron chi connectivity index (χ4n) is 1.91. The molecule has 1 aromatic heterocycles. The molecule has 0 saturated carbocycles. The number of pyridine rings is 1. The molecule has 96 valence electrons. The van der Waals surface area contributed by atoms with Crippen molar-refractivity contribution >= 4 is 5.69 Å². The third-order valence-corrected chi connectivity index (χ3v) is 2.92. The second kappa shape index (κ2) is 5.96. The Bertz CT molecular complexity index is 590. The lowest BCUT2D eigenvalue weighted by Gasteiger charge is -2.23. The molecule has 0 N–H and O–H groups in total. The van der Waals surface area contributed by atoms with Crippen LogP contribution in [0.1, 0.15) is 18.1 Å². The molecule has 1 heterocycles. The summed E-state index contributed by atoms with van der Waals surface area (Å²) in [6.07, 6.45) is 3.44. The summed E-state index contributed by atoms with van der Waals surface area (Å²) in [7, 11) is 0. The Morgan fingerprint density at radius 1 is 1.26 bits per heavy atom. The van der Waals surface area contributed by atoms with E-state index in [1.807, 2.05) is 30.0 Å². The van der Waals surface area contributed by atoms with Gasteiger partial charge in [0.1, 0.15) is 5.82 Å². The van der Waals surface area contributed by atoms with E-state index < -0.39 is 0 Å². The van der Waals surface area contributed by atoms with Crippen LogP contribution in [-0.4, -0.2) is 11.5 Å². The largest absolute Gasteiger partial charge is 0.365 e. The van der Waals surface area contributed by atoms with Gasteiger partial charge in [0, 0.05) is 25.5 Å². The van der Waals surface area contributed by atoms with Gasteiger partial charge in [-0.3, -0.25) is 4.98 Å². The first-order chi connectivity index (χ1) is 9.24. The predicted molar refractivity (Wildman–Crippen MR) is 72.1 cm³/mol. The molecular formula is C15H14FN3. The van der Waals surface area contributed by atoms with E-state index in [4.69, 9.17) is 5.26 Å². The summed E-state index contributed by atoms with van der Waals surface area (Å²) >= 11 is 0. The van der Waals surface area contributed by atoms with Gasteiger partial charge in [-0.1, -0.05) is 0 Å². The van der Waals surface area contributed by atoms with E-state index in [0.717, 1.165) is 5.56 Å². The van der Waals surface area contributed by atoms with Gasteiger partial charge in [-0.2, -0.15) is 5.26 Å². The Morgan fingerprint density at radius 3 is 2.58 bits per heavy atom. The van der Waals surface area contributed by atoms with Gasteiger partial charge in [0.05, 0.1) is 17.3 Å². The average Bonchev–Trinajstić information content (AvgIpc) is 2.46. The first kappa shape index (κ1) is 13.0. The SMILES string of the molecule is CCN(Cc1ccncc1)c1ccc(C#N)cc1F. The molecule has 3 nitrogen and oxygen atoms in total. The summed E-state index contributed by atoms with van der Waals surface area (Å²) in [5, 5.41) is 8.75. The van der Waals surface area contributed by atoms with Gasteiger partial charge in [-0.15, -0.1) is 0 Å². The number of benzene rings is 1. The van der Waals surface area contributed by atoms with Crippen LogP contribution in [-0.2, 0) is 6.54 Å². The first-order valence-corrected chi connectivity index (χ1v) is 6.08. The highest BCUT2D eigenvalue weighted by molar-refractivity contribution is 5.51. The predicted octanol–water partition coefficient (Wildman–Crippen LogP) is 3.12. The second-order valence-corrected chi connectivity index (χ2v) is 4.15. The van der Waals surface area contributed by atoms with Crippen molar-refractivity contribution in [3.05, 3.63) is 59.7 Å². The number of nitriles is 1. The molecule has 0 unspecified atom stereocenters. The zero-order valence-corrected chi connectivity index (χ0v) is 10.7. The Kier molecular flexibility index (Phi) is 4.09. The zero-order valence-electron chi connectivity index (χ0n) is 10.7. The molecule has 0 spiro atoms. The lowest BCUT2D eigenvalue weighted by Crippen LogP contribution is -2.23. The molecule has 4 heteroatoms. The van der Waals surface area contributed by atoms with Crippen molar-refractivity contribution in [3.63, 3.8) is 0 Å². The minimum absolute atomic E-state index is 0.334. The smallest absolute Gasteiger partial charge is 0.147 e. The van der Waals surface area contributed by atoms with Gasteiger partial charge < -0.3 is 4.90 Å². The molecule has 0 fully saturated rings. The molecule has 0 atom stereocenters. The van der Waals surface area contributed by atoms with E-state index in [9.17, 15) is 4.39 Å². The van der Waals surface area contributed by atoms with Crippen molar-refractivity contribution in [2.45, 2.75) is 13.5 Å². The van der Waals surface area contributed by atoms with Crippen LogP contribution in [0.15, 0.2) is 42.7 Å². The molecule has 0 aliphatic heterocycles. The number of nitrogens with zero attached hydrogens (tertiary/aromatic N) is 3. The lowest BCUT2D eigenvalue weighted by atomic mass is 10.1. The highest BCUT2D eigenvalue weighted by Gasteiger charge is 2.11. The monoisotopic (exact) mass is 255 g/mol. The number of rotatable bonds is 4. The summed E-state index contributed by atoms with van der Waals surface area (Å²) < 4.78 is 14.0. The molecule has 0 saturated heterocycles. The van der Waals surface area contributed by atoms with Crippen LogP contribution >= 0.6 is 0 Å². The number of anilines is 1. The van der Waals surface area contributed by atoms with E-state index in [0.29, 0.717) is 24.3 Å². The topological polar surface area (TPSA) is 39.9 Å². The molecule has 2 aromatic rings. The minimum Gasteiger partial charge on any atom is -0.365 e. The highest BCUT2D eigenvalue weighted by Crippen LogP contribution is 2.22. The third kappa shape index (κ3) is 3.08. The van der Waals surface area contributed by atoms with Crippen molar-refractivity contribution in [1.29, 1.82) is 5.26 Å². The second-order valence-electron chi connectivity index (χ2n) is 4.15. The van der Waals surface area contributed by atoms with Gasteiger partial charge in [-0.05, 0) is 42.8 Å². The number of hydrogen-bond donors (Lipinski definition) is 0. The Morgan fingerprint density at radius 2 is 2.00 bits per heavy atom. The van der Waals surface area contributed by atoms with Crippen LogP contribution in [0.25, 0.3) is 0 Å². The molecule has 1 aromatic carbocycles. The Hall–Kier alpha value is -2.41. The van der Waals surface area contributed by atoms with E-state index >= 15 is 0 Å². The number of aromatic nitrogens is 1. The number of halogens is 1. The molecule has 0 bridgehead atoms. The fraction of sp³-hybridized carbons (Fsp3) is 0.200. The maximum atomic E-state index is 14.0. The standard InChI is InChI=1S/C15H14FN3/c1-2-19(11-12-5-7-18-8-6-12)15-4-3-13(10-17)9-14(15)16/h3-9H,2,11H2,1H3. The minimum atomic E-state index is -0.366. The third-order valence-electron chi connectivity index (χ3n) is 2.92. The van der Waals surface area contributed by atoms with Crippen molar-refractivity contribution in [1.82, 2.24) is 4.98 Å². The van der Waals surface area contributed by atoms with Crippen LogP contribution in [0.2, 0.25) is 0 Å². The lowest BCUT2D eigenvalue weighted by molar-refractivity contribution is 0.617. The van der Waals surface area contributed by atoms with E-state index in [2.05, 4.69) is 4.98 Å². The quantitative estimate of drug-likeness (QED) is 0.842. The maximum Gasteiger partial charge on any atom is 0.147 e. The van der Waals surface area contributed by atoms with Crippen molar-refractivity contribution in [3.8, 4) is 6.07 Å². The summed E-state index contributed by atoms with van der Waals surface area (Å²) in [6, 6.07) is 10.3.